The van der Waals surface area contributed by atoms with Gasteiger partial charge in [-0.15, -0.1) is 0 Å². The number of hydrogen-bond acceptors (Lipinski definition) is 1. The Kier molecular flexibility index (Phi) is 5.83. The van der Waals surface area contributed by atoms with Crippen molar-refractivity contribution in [2.45, 2.75) is 66.2 Å². The number of rotatable bonds is 5. The van der Waals surface area contributed by atoms with Gasteiger partial charge in [0.05, 0.1) is 11.6 Å². The zero-order valence-electron chi connectivity index (χ0n) is 18.6. The molecule has 0 N–H and O–H groups in total. The number of fused-ring (bicyclic) bond motifs is 1. The summed E-state index contributed by atoms with van der Waals surface area (Å²) in [4.78, 5) is 0. The molecule has 0 bridgehead atoms. The number of para-hydroxylation sites is 1. The Hall–Kier alpha value is -2.06. The minimum absolute atomic E-state index is 0.104. The summed E-state index contributed by atoms with van der Waals surface area (Å²) in [5, 5.41) is 1.35. The third kappa shape index (κ3) is 3.75. The molecule has 1 aromatic heterocycles. The zero-order chi connectivity index (χ0) is 20.5. The van der Waals surface area contributed by atoms with Gasteiger partial charge in [0.25, 0.3) is 0 Å². The summed E-state index contributed by atoms with van der Waals surface area (Å²) in [6.07, 6.45) is 5.91. The van der Waals surface area contributed by atoms with E-state index in [1.807, 2.05) is 0 Å². The van der Waals surface area contributed by atoms with Crippen LogP contribution in [-0.2, 0) is 17.6 Å². The van der Waals surface area contributed by atoms with Gasteiger partial charge in [-0.3, -0.25) is 0 Å². The molecule has 2 heteroatoms. The highest BCUT2D eigenvalue weighted by atomic mass is 16.5. The van der Waals surface area contributed by atoms with E-state index in [-0.39, 0.29) is 6.23 Å². The Morgan fingerprint density at radius 3 is 2.21 bits per heavy atom. The second-order valence-electron chi connectivity index (χ2n) is 8.98. The third-order valence-electron chi connectivity index (χ3n) is 7.33. The molecule has 0 radical (unpaired) electrons. The largest absolute Gasteiger partial charge is 0.354 e. The molecule has 3 aromatic rings. The van der Waals surface area contributed by atoms with Crippen molar-refractivity contribution in [3.05, 3.63) is 71.4 Å². The van der Waals surface area contributed by atoms with Crippen LogP contribution in [0, 0.1) is 17.8 Å². The van der Waals surface area contributed by atoms with Gasteiger partial charge in [-0.05, 0) is 53.9 Å². The van der Waals surface area contributed by atoms with Gasteiger partial charge in [0.15, 0.2) is 0 Å². The molecule has 1 saturated heterocycles. The molecule has 0 spiro atoms. The molecule has 1 aliphatic heterocycles. The summed E-state index contributed by atoms with van der Waals surface area (Å²) in [7, 11) is 0. The molecule has 29 heavy (non-hydrogen) atoms. The molecule has 2 aromatic carbocycles. The van der Waals surface area contributed by atoms with Gasteiger partial charge in [-0.25, -0.2) is 0 Å². The Morgan fingerprint density at radius 1 is 0.828 bits per heavy atom. The Bertz CT molecular complexity index is 952. The van der Waals surface area contributed by atoms with E-state index in [0.717, 1.165) is 19.3 Å². The quantitative estimate of drug-likeness (QED) is 0.458. The van der Waals surface area contributed by atoms with Crippen molar-refractivity contribution >= 4 is 10.9 Å². The van der Waals surface area contributed by atoms with Crippen LogP contribution >= 0.6 is 0 Å². The summed E-state index contributed by atoms with van der Waals surface area (Å²) in [6, 6.07) is 17.9. The maximum atomic E-state index is 6.68. The summed E-state index contributed by atoms with van der Waals surface area (Å²) < 4.78 is 9.10. The minimum Gasteiger partial charge on any atom is -0.354 e. The number of aryl methyl sites for hydroxylation is 1. The molecule has 0 saturated carbocycles. The maximum Gasteiger partial charge on any atom is 0.137 e. The van der Waals surface area contributed by atoms with Crippen molar-refractivity contribution in [3.8, 4) is 0 Å². The lowest BCUT2D eigenvalue weighted by atomic mass is 9.77. The van der Waals surface area contributed by atoms with Crippen molar-refractivity contribution in [1.82, 2.24) is 4.57 Å². The van der Waals surface area contributed by atoms with Gasteiger partial charge in [0.1, 0.15) is 6.23 Å². The molecule has 5 atom stereocenters. The highest BCUT2D eigenvalue weighted by Crippen LogP contribution is 2.43. The summed E-state index contributed by atoms with van der Waals surface area (Å²) >= 11 is 0. The van der Waals surface area contributed by atoms with E-state index in [0.29, 0.717) is 23.9 Å². The summed E-state index contributed by atoms with van der Waals surface area (Å²) in [5.41, 5.74) is 5.45. The van der Waals surface area contributed by atoms with Crippen molar-refractivity contribution in [1.29, 1.82) is 0 Å². The van der Waals surface area contributed by atoms with Crippen molar-refractivity contribution in [3.63, 3.8) is 0 Å². The fourth-order valence-electron chi connectivity index (χ4n) is 5.03. The Labute approximate surface area is 175 Å². The van der Waals surface area contributed by atoms with E-state index >= 15 is 0 Å². The zero-order valence-corrected chi connectivity index (χ0v) is 18.6. The van der Waals surface area contributed by atoms with Crippen LogP contribution in [0.25, 0.3) is 10.9 Å². The smallest absolute Gasteiger partial charge is 0.137 e. The summed E-state index contributed by atoms with van der Waals surface area (Å²) in [5.74, 6) is 1.73. The van der Waals surface area contributed by atoms with E-state index in [4.69, 9.17) is 4.74 Å². The minimum atomic E-state index is 0.104. The number of ether oxygens (including phenoxy) is 1. The molecule has 0 amide bonds. The molecule has 154 valence electrons. The van der Waals surface area contributed by atoms with Crippen molar-refractivity contribution in [2.75, 3.05) is 0 Å². The van der Waals surface area contributed by atoms with Gasteiger partial charge in [0, 0.05) is 17.5 Å². The average Bonchev–Trinajstić information content (AvgIpc) is 3.11. The van der Waals surface area contributed by atoms with Gasteiger partial charge in [0.2, 0.25) is 0 Å². The second kappa shape index (κ2) is 8.36. The van der Waals surface area contributed by atoms with E-state index in [1.165, 1.54) is 27.6 Å². The van der Waals surface area contributed by atoms with E-state index in [9.17, 15) is 0 Å². The van der Waals surface area contributed by atoms with Crippen LogP contribution in [0.3, 0.4) is 0 Å². The van der Waals surface area contributed by atoms with Crippen LogP contribution in [-0.4, -0.2) is 10.7 Å². The molecule has 2 heterocycles. The highest BCUT2D eigenvalue weighted by molar-refractivity contribution is 5.84. The molecular weight excluding hydrogens is 354 g/mol. The van der Waals surface area contributed by atoms with Gasteiger partial charge in [-0.2, -0.15) is 0 Å². The lowest BCUT2D eigenvalue weighted by Gasteiger charge is -2.44. The van der Waals surface area contributed by atoms with E-state index < -0.39 is 0 Å². The summed E-state index contributed by atoms with van der Waals surface area (Å²) in [6.45, 7) is 11.6. The predicted molar refractivity (Wildman–Crippen MR) is 122 cm³/mol. The van der Waals surface area contributed by atoms with Crippen LogP contribution < -0.4 is 0 Å². The Balaban J connectivity index is 1.72. The van der Waals surface area contributed by atoms with Crippen LogP contribution in [0.4, 0.5) is 0 Å². The van der Waals surface area contributed by atoms with Gasteiger partial charge < -0.3 is 9.30 Å². The highest BCUT2D eigenvalue weighted by Gasteiger charge is 2.39. The van der Waals surface area contributed by atoms with E-state index in [2.05, 4.69) is 93.9 Å². The number of nitrogens with zero attached hydrogens (tertiary/aromatic N) is 1. The SMILES string of the molecule is CCc1ccc(Cc2cn([C@@H]3O[C@H](CC)[C@@H](C)[C@H](C)[C@H]3C)c3ccccc23)cc1. The second-order valence-corrected chi connectivity index (χ2v) is 8.98. The van der Waals surface area contributed by atoms with Crippen LogP contribution in [0.15, 0.2) is 54.7 Å². The number of benzene rings is 2. The first-order valence-electron chi connectivity index (χ1n) is 11.3. The first-order chi connectivity index (χ1) is 14.0. The topological polar surface area (TPSA) is 14.2 Å². The van der Waals surface area contributed by atoms with Gasteiger partial charge >= 0.3 is 0 Å². The normalized spacial score (nSPS) is 27.4. The third-order valence-corrected chi connectivity index (χ3v) is 7.33. The lowest BCUT2D eigenvalue weighted by Crippen LogP contribution is -2.42. The number of hydrogen-bond donors (Lipinski definition) is 0. The Morgan fingerprint density at radius 2 is 1.52 bits per heavy atom. The first-order valence-corrected chi connectivity index (χ1v) is 11.3. The molecule has 1 aliphatic rings. The predicted octanol–water partition coefficient (Wildman–Crippen LogP) is 7.01. The van der Waals surface area contributed by atoms with Gasteiger partial charge in [-0.1, -0.05) is 77.1 Å². The first kappa shape index (κ1) is 20.2. The average molecular weight is 390 g/mol. The fourth-order valence-corrected chi connectivity index (χ4v) is 5.03. The van der Waals surface area contributed by atoms with E-state index in [1.54, 1.807) is 0 Å². The molecular formula is C27H35NO. The van der Waals surface area contributed by atoms with Crippen LogP contribution in [0.2, 0.25) is 0 Å². The number of aromatic nitrogens is 1. The molecule has 1 fully saturated rings. The van der Waals surface area contributed by atoms with Crippen LogP contribution in [0.5, 0.6) is 0 Å². The molecule has 4 rings (SSSR count). The maximum absolute atomic E-state index is 6.68. The monoisotopic (exact) mass is 389 g/mol. The molecule has 2 nitrogen and oxygen atoms in total. The lowest BCUT2D eigenvalue weighted by molar-refractivity contribution is -0.166. The van der Waals surface area contributed by atoms with Crippen LogP contribution in [0.1, 0.15) is 64.0 Å². The molecule has 0 aliphatic carbocycles. The standard InChI is InChI=1S/C27H35NO/c1-6-21-12-14-22(15-13-21)16-23-17-28(25-11-9-8-10-24(23)25)27-20(5)18(3)19(4)26(7-2)29-27/h8-15,17-20,26-27H,6-7,16H2,1-5H3/t18-,19-,20+,26+,27+/m0/s1. The molecule has 0 unspecified atom stereocenters. The van der Waals surface area contributed by atoms with Crippen molar-refractivity contribution < 1.29 is 4.74 Å². The fraction of sp³-hybridized carbons (Fsp3) is 0.481. The van der Waals surface area contributed by atoms with Crippen molar-refractivity contribution in [2.24, 2.45) is 17.8 Å².